The van der Waals surface area contributed by atoms with Crippen molar-refractivity contribution in [1.29, 1.82) is 0 Å². The first-order valence-corrected chi connectivity index (χ1v) is 10.2. The fraction of sp³-hybridized carbons (Fsp3) is 0.611. The van der Waals surface area contributed by atoms with E-state index in [0.717, 1.165) is 24.8 Å². The number of hydrogen-bond acceptors (Lipinski definition) is 3. The van der Waals surface area contributed by atoms with Gasteiger partial charge in [-0.25, -0.2) is 8.42 Å². The van der Waals surface area contributed by atoms with Crippen molar-refractivity contribution in [3.8, 4) is 0 Å². The summed E-state index contributed by atoms with van der Waals surface area (Å²) in [5.74, 6) is -0.293. The predicted molar refractivity (Wildman–Crippen MR) is 95.2 cm³/mol. The SMILES string of the molecule is CCC[C@H](C)NC(=O)[C@H]1CCCN(S(=O)(=O)c2ccc(C)cc2)C1. The summed E-state index contributed by atoms with van der Waals surface area (Å²) in [6, 6.07) is 7.00. The zero-order valence-electron chi connectivity index (χ0n) is 14.8. The quantitative estimate of drug-likeness (QED) is 0.856. The third-order valence-electron chi connectivity index (χ3n) is 4.52. The predicted octanol–water partition coefficient (Wildman–Crippen LogP) is 2.70. The molecule has 1 aromatic carbocycles. The summed E-state index contributed by atoms with van der Waals surface area (Å²) in [4.78, 5) is 12.7. The summed E-state index contributed by atoms with van der Waals surface area (Å²) in [6.45, 7) is 6.74. The van der Waals surface area contributed by atoms with Gasteiger partial charge in [0.25, 0.3) is 0 Å². The van der Waals surface area contributed by atoms with Crippen LogP contribution in [-0.4, -0.2) is 37.8 Å². The maximum absolute atomic E-state index is 12.8. The minimum Gasteiger partial charge on any atom is -0.353 e. The fourth-order valence-corrected chi connectivity index (χ4v) is 4.62. The van der Waals surface area contributed by atoms with Gasteiger partial charge in [-0.05, 0) is 45.2 Å². The Labute approximate surface area is 145 Å². The molecule has 134 valence electrons. The molecule has 0 bridgehead atoms. The summed E-state index contributed by atoms with van der Waals surface area (Å²) < 4.78 is 27.0. The van der Waals surface area contributed by atoms with Crippen LogP contribution in [0.2, 0.25) is 0 Å². The fourth-order valence-electron chi connectivity index (χ4n) is 3.10. The first-order valence-electron chi connectivity index (χ1n) is 8.71. The minimum atomic E-state index is -3.53. The van der Waals surface area contributed by atoms with Crippen LogP contribution in [0.3, 0.4) is 0 Å². The number of nitrogens with zero attached hydrogens (tertiary/aromatic N) is 1. The lowest BCUT2D eigenvalue weighted by molar-refractivity contribution is -0.126. The van der Waals surface area contributed by atoms with E-state index in [1.165, 1.54) is 4.31 Å². The van der Waals surface area contributed by atoms with Gasteiger partial charge >= 0.3 is 0 Å². The third-order valence-corrected chi connectivity index (χ3v) is 6.40. The Morgan fingerprint density at radius 3 is 2.62 bits per heavy atom. The molecule has 0 unspecified atom stereocenters. The van der Waals surface area contributed by atoms with Crippen LogP contribution in [0.15, 0.2) is 29.2 Å². The summed E-state index contributed by atoms with van der Waals surface area (Å²) in [7, 11) is -3.53. The number of amides is 1. The van der Waals surface area contributed by atoms with Gasteiger partial charge in [-0.2, -0.15) is 4.31 Å². The molecule has 0 aromatic heterocycles. The van der Waals surface area contributed by atoms with Crippen molar-refractivity contribution in [2.24, 2.45) is 5.92 Å². The van der Waals surface area contributed by atoms with Crippen LogP contribution >= 0.6 is 0 Å². The number of nitrogens with one attached hydrogen (secondary N) is 1. The van der Waals surface area contributed by atoms with Crippen molar-refractivity contribution < 1.29 is 13.2 Å². The number of hydrogen-bond donors (Lipinski definition) is 1. The molecule has 0 spiro atoms. The second kappa shape index (κ2) is 8.12. The van der Waals surface area contributed by atoms with Crippen LogP contribution in [-0.2, 0) is 14.8 Å². The van der Waals surface area contributed by atoms with Crippen LogP contribution in [0.5, 0.6) is 0 Å². The zero-order chi connectivity index (χ0) is 17.7. The van der Waals surface area contributed by atoms with Gasteiger partial charge in [-0.1, -0.05) is 31.0 Å². The summed E-state index contributed by atoms with van der Waals surface area (Å²) in [5, 5.41) is 3.01. The number of carbonyl (C=O) groups is 1. The standard InChI is InChI=1S/C18H28N2O3S/c1-4-6-15(3)19-18(21)16-7-5-12-20(13-16)24(22,23)17-10-8-14(2)9-11-17/h8-11,15-16H,4-7,12-13H2,1-3H3,(H,19,21)/t15-,16-/m0/s1. The molecule has 0 aliphatic carbocycles. The highest BCUT2D eigenvalue weighted by molar-refractivity contribution is 7.89. The Morgan fingerprint density at radius 1 is 1.33 bits per heavy atom. The van der Waals surface area contributed by atoms with Crippen molar-refractivity contribution >= 4 is 15.9 Å². The van der Waals surface area contributed by atoms with Crippen LogP contribution in [0.1, 0.15) is 45.1 Å². The van der Waals surface area contributed by atoms with E-state index < -0.39 is 10.0 Å². The average molecular weight is 353 g/mol. The van der Waals surface area contributed by atoms with Crippen LogP contribution in [0.25, 0.3) is 0 Å². The molecule has 6 heteroatoms. The van der Waals surface area contributed by atoms with E-state index in [1.54, 1.807) is 24.3 Å². The number of carbonyl (C=O) groups excluding carboxylic acids is 1. The summed E-state index contributed by atoms with van der Waals surface area (Å²) >= 11 is 0. The molecule has 2 atom stereocenters. The van der Waals surface area contributed by atoms with E-state index in [-0.39, 0.29) is 24.4 Å². The van der Waals surface area contributed by atoms with Crippen LogP contribution in [0.4, 0.5) is 0 Å². The maximum atomic E-state index is 12.8. The molecular weight excluding hydrogens is 324 g/mol. The van der Waals surface area contributed by atoms with E-state index in [2.05, 4.69) is 12.2 Å². The molecule has 1 heterocycles. The van der Waals surface area contributed by atoms with Gasteiger partial charge < -0.3 is 5.32 Å². The van der Waals surface area contributed by atoms with Crippen LogP contribution < -0.4 is 5.32 Å². The van der Waals surface area contributed by atoms with E-state index >= 15 is 0 Å². The number of sulfonamides is 1. The lowest BCUT2D eigenvalue weighted by atomic mass is 9.98. The van der Waals surface area contributed by atoms with Crippen molar-refractivity contribution in [2.45, 2.75) is 57.4 Å². The first-order chi connectivity index (χ1) is 11.3. The number of piperidine rings is 1. The van der Waals surface area contributed by atoms with Crippen molar-refractivity contribution in [1.82, 2.24) is 9.62 Å². The van der Waals surface area contributed by atoms with Gasteiger partial charge in [0.1, 0.15) is 0 Å². The van der Waals surface area contributed by atoms with Gasteiger partial charge in [0, 0.05) is 19.1 Å². The summed E-state index contributed by atoms with van der Waals surface area (Å²) in [6.07, 6.45) is 3.40. The molecule has 0 saturated carbocycles. The van der Waals surface area contributed by atoms with E-state index in [4.69, 9.17) is 0 Å². The molecule has 1 saturated heterocycles. The molecule has 1 N–H and O–H groups in total. The topological polar surface area (TPSA) is 66.5 Å². The maximum Gasteiger partial charge on any atom is 0.243 e. The molecule has 24 heavy (non-hydrogen) atoms. The molecule has 1 aliphatic rings. The normalized spacial score (nSPS) is 20.5. The van der Waals surface area contributed by atoms with E-state index in [0.29, 0.717) is 17.9 Å². The zero-order valence-corrected chi connectivity index (χ0v) is 15.6. The molecule has 2 rings (SSSR count). The summed E-state index contributed by atoms with van der Waals surface area (Å²) in [5.41, 5.74) is 1.02. The Hall–Kier alpha value is -1.40. The lowest BCUT2D eigenvalue weighted by Crippen LogP contribution is -2.47. The molecule has 1 aliphatic heterocycles. The second-order valence-electron chi connectivity index (χ2n) is 6.71. The number of rotatable bonds is 6. The third kappa shape index (κ3) is 4.57. The van der Waals surface area contributed by atoms with Crippen molar-refractivity contribution in [3.05, 3.63) is 29.8 Å². The molecule has 5 nitrogen and oxygen atoms in total. The molecular formula is C18H28N2O3S. The Kier molecular flexibility index (Phi) is 6.40. The highest BCUT2D eigenvalue weighted by atomic mass is 32.2. The Morgan fingerprint density at radius 2 is 2.00 bits per heavy atom. The van der Waals surface area contributed by atoms with Gasteiger partial charge in [0.2, 0.25) is 15.9 Å². The molecule has 0 radical (unpaired) electrons. The Bertz CT molecular complexity index is 655. The van der Waals surface area contributed by atoms with Gasteiger partial charge in [0.05, 0.1) is 10.8 Å². The van der Waals surface area contributed by atoms with Gasteiger partial charge in [0.15, 0.2) is 0 Å². The highest BCUT2D eigenvalue weighted by Crippen LogP contribution is 2.24. The minimum absolute atomic E-state index is 0.0280. The molecule has 1 amide bonds. The van der Waals surface area contributed by atoms with E-state index in [9.17, 15) is 13.2 Å². The van der Waals surface area contributed by atoms with Gasteiger partial charge in [-0.3, -0.25) is 4.79 Å². The largest absolute Gasteiger partial charge is 0.353 e. The van der Waals surface area contributed by atoms with E-state index in [1.807, 2.05) is 13.8 Å². The highest BCUT2D eigenvalue weighted by Gasteiger charge is 2.33. The Balaban J connectivity index is 2.07. The molecule has 1 fully saturated rings. The average Bonchev–Trinajstić information content (AvgIpc) is 2.55. The van der Waals surface area contributed by atoms with Crippen molar-refractivity contribution in [3.63, 3.8) is 0 Å². The smallest absolute Gasteiger partial charge is 0.243 e. The number of benzene rings is 1. The van der Waals surface area contributed by atoms with Gasteiger partial charge in [-0.15, -0.1) is 0 Å². The molecule has 1 aromatic rings. The first kappa shape index (κ1) is 18.9. The lowest BCUT2D eigenvalue weighted by Gasteiger charge is -2.31. The second-order valence-corrected chi connectivity index (χ2v) is 8.65. The monoisotopic (exact) mass is 352 g/mol. The number of aryl methyl sites for hydroxylation is 1. The van der Waals surface area contributed by atoms with Crippen LogP contribution in [0, 0.1) is 12.8 Å². The van der Waals surface area contributed by atoms with Crippen molar-refractivity contribution in [2.75, 3.05) is 13.1 Å².